The number of amides is 1. The number of hydrogen-bond acceptors (Lipinski definition) is 4. The van der Waals surface area contributed by atoms with Crippen LogP contribution < -0.4 is 10.3 Å². The number of aryl methyl sites for hydroxylation is 1. The highest BCUT2D eigenvalue weighted by Gasteiger charge is 2.26. The number of rotatable bonds is 6. The molecule has 1 N–H and O–H groups in total. The molecule has 1 aliphatic rings. The molecule has 0 unspecified atom stereocenters. The zero-order valence-corrected chi connectivity index (χ0v) is 17.0. The summed E-state index contributed by atoms with van der Waals surface area (Å²) in [5.74, 6) is -0.794. The maximum Gasteiger partial charge on any atom is 0.263 e. The summed E-state index contributed by atoms with van der Waals surface area (Å²) in [7, 11) is -1.93. The van der Waals surface area contributed by atoms with Crippen molar-refractivity contribution in [2.24, 2.45) is 13.0 Å². The Kier molecular flexibility index (Phi) is 6.49. The van der Waals surface area contributed by atoms with Gasteiger partial charge in [0, 0.05) is 32.9 Å². The molecule has 1 saturated heterocycles. The molecular weight excluding hydrogens is 397 g/mol. The molecule has 0 spiro atoms. The minimum Gasteiger partial charge on any atom is -0.338 e. The van der Waals surface area contributed by atoms with Gasteiger partial charge < -0.3 is 9.47 Å². The van der Waals surface area contributed by atoms with Crippen LogP contribution in [0.1, 0.15) is 28.8 Å². The molecule has 0 atom stereocenters. The summed E-state index contributed by atoms with van der Waals surface area (Å²) in [4.78, 5) is 26.4. The molecule has 0 saturated carbocycles. The first-order valence-electron chi connectivity index (χ1n) is 9.42. The molecule has 3 rings (SSSR count). The van der Waals surface area contributed by atoms with Crippen molar-refractivity contribution >= 4 is 15.9 Å². The van der Waals surface area contributed by atoms with Crippen molar-refractivity contribution in [3.63, 3.8) is 0 Å². The first-order chi connectivity index (χ1) is 13.7. The molecule has 29 heavy (non-hydrogen) atoms. The number of nitrogens with zero attached hydrogens (tertiary/aromatic N) is 2. The van der Waals surface area contributed by atoms with Crippen LogP contribution in [0.2, 0.25) is 0 Å². The quantitative estimate of drug-likeness (QED) is 0.766. The van der Waals surface area contributed by atoms with E-state index in [1.807, 2.05) is 0 Å². The normalized spacial score (nSPS) is 15.4. The van der Waals surface area contributed by atoms with Gasteiger partial charge in [0.15, 0.2) is 0 Å². The van der Waals surface area contributed by atoms with E-state index in [9.17, 15) is 22.4 Å². The van der Waals surface area contributed by atoms with E-state index in [-0.39, 0.29) is 28.7 Å². The average Bonchev–Trinajstić information content (AvgIpc) is 2.70. The average molecular weight is 421 g/mol. The van der Waals surface area contributed by atoms with E-state index in [4.69, 9.17) is 0 Å². The molecule has 1 fully saturated rings. The fourth-order valence-electron chi connectivity index (χ4n) is 3.37. The Morgan fingerprint density at radius 2 is 1.83 bits per heavy atom. The molecular formula is C20H24FN3O4S. The van der Waals surface area contributed by atoms with Gasteiger partial charge in [-0.05, 0) is 48.6 Å². The van der Waals surface area contributed by atoms with Crippen molar-refractivity contribution in [3.05, 3.63) is 69.9 Å². The number of sulfonamides is 1. The van der Waals surface area contributed by atoms with E-state index < -0.39 is 15.8 Å². The number of hydrogen-bond donors (Lipinski definition) is 1. The Bertz CT molecular complexity index is 1030. The second-order valence-corrected chi connectivity index (χ2v) is 9.11. The van der Waals surface area contributed by atoms with Crippen LogP contribution in [0.3, 0.4) is 0 Å². The van der Waals surface area contributed by atoms with Gasteiger partial charge in [-0.1, -0.05) is 12.1 Å². The van der Waals surface area contributed by atoms with Crippen LogP contribution >= 0.6 is 0 Å². The topological polar surface area (TPSA) is 88.5 Å². The van der Waals surface area contributed by atoms with Crippen LogP contribution in [0, 0.1) is 11.7 Å². The summed E-state index contributed by atoms with van der Waals surface area (Å²) in [5, 5.41) is 0. The van der Waals surface area contributed by atoms with Crippen molar-refractivity contribution < 1.29 is 17.6 Å². The van der Waals surface area contributed by atoms with Crippen molar-refractivity contribution in [2.45, 2.75) is 18.6 Å². The molecule has 1 aromatic heterocycles. The maximum absolute atomic E-state index is 12.9. The van der Waals surface area contributed by atoms with E-state index >= 15 is 0 Å². The number of benzene rings is 1. The Morgan fingerprint density at radius 1 is 1.17 bits per heavy atom. The third-order valence-electron chi connectivity index (χ3n) is 5.12. The summed E-state index contributed by atoms with van der Waals surface area (Å²) < 4.78 is 41.4. The van der Waals surface area contributed by atoms with E-state index in [0.717, 1.165) is 0 Å². The van der Waals surface area contributed by atoms with E-state index in [0.29, 0.717) is 38.0 Å². The second-order valence-electron chi connectivity index (χ2n) is 7.31. The molecule has 9 heteroatoms. The Hall–Kier alpha value is -2.52. The van der Waals surface area contributed by atoms with Gasteiger partial charge in [-0.15, -0.1) is 0 Å². The lowest BCUT2D eigenvalue weighted by Crippen LogP contribution is -2.43. The third-order valence-corrected chi connectivity index (χ3v) is 6.44. The zero-order chi connectivity index (χ0) is 21.0. The van der Waals surface area contributed by atoms with Crippen molar-refractivity contribution in [1.29, 1.82) is 0 Å². The number of carbonyl (C=O) groups excluding carboxylic acids is 1. The van der Waals surface area contributed by atoms with Gasteiger partial charge in [-0.2, -0.15) is 0 Å². The molecule has 2 aromatic rings. The molecule has 1 amide bonds. The molecule has 0 radical (unpaired) electrons. The smallest absolute Gasteiger partial charge is 0.263 e. The zero-order valence-electron chi connectivity index (χ0n) is 16.2. The van der Waals surface area contributed by atoms with Crippen LogP contribution in [-0.2, 0) is 22.8 Å². The summed E-state index contributed by atoms with van der Waals surface area (Å²) in [6, 6.07) is 8.56. The lowest BCUT2D eigenvalue weighted by Gasteiger charge is -2.32. The van der Waals surface area contributed by atoms with Crippen molar-refractivity contribution in [2.75, 3.05) is 19.6 Å². The van der Waals surface area contributed by atoms with Crippen LogP contribution in [0.15, 0.2) is 47.4 Å². The molecule has 0 bridgehead atoms. The number of pyridine rings is 1. The van der Waals surface area contributed by atoms with Gasteiger partial charge >= 0.3 is 0 Å². The van der Waals surface area contributed by atoms with E-state index in [2.05, 4.69) is 4.72 Å². The van der Waals surface area contributed by atoms with Crippen LogP contribution in [0.25, 0.3) is 0 Å². The molecule has 2 heterocycles. The minimum atomic E-state index is -3.53. The monoisotopic (exact) mass is 421 g/mol. The number of piperidine rings is 1. The Morgan fingerprint density at radius 3 is 2.48 bits per heavy atom. The van der Waals surface area contributed by atoms with Gasteiger partial charge in [0.1, 0.15) is 11.4 Å². The predicted octanol–water partition coefficient (Wildman–Crippen LogP) is 1.50. The highest BCUT2D eigenvalue weighted by Crippen LogP contribution is 2.18. The summed E-state index contributed by atoms with van der Waals surface area (Å²) in [5.41, 5.74) is 0.338. The lowest BCUT2D eigenvalue weighted by molar-refractivity contribution is 0.0689. The Balaban J connectivity index is 1.50. The van der Waals surface area contributed by atoms with Gasteiger partial charge in [-0.3, -0.25) is 9.59 Å². The minimum absolute atomic E-state index is 0.112. The molecule has 0 aliphatic carbocycles. The second kappa shape index (κ2) is 8.87. The fraction of sp³-hybridized carbons (Fsp3) is 0.400. The summed E-state index contributed by atoms with van der Waals surface area (Å²) >= 11 is 0. The SMILES string of the molecule is Cn1cccc(C(=O)N2CCC(CNS(=O)(=O)Cc3ccc(F)cc3)CC2)c1=O. The van der Waals surface area contributed by atoms with Crippen molar-refractivity contribution in [1.82, 2.24) is 14.2 Å². The summed E-state index contributed by atoms with van der Waals surface area (Å²) in [6.07, 6.45) is 2.90. The van der Waals surface area contributed by atoms with E-state index in [1.165, 1.54) is 34.9 Å². The van der Waals surface area contributed by atoms with E-state index in [1.54, 1.807) is 24.2 Å². The predicted molar refractivity (Wildman–Crippen MR) is 107 cm³/mol. The first kappa shape index (κ1) is 21.2. The highest BCUT2D eigenvalue weighted by molar-refractivity contribution is 7.88. The van der Waals surface area contributed by atoms with Crippen molar-refractivity contribution in [3.8, 4) is 0 Å². The number of aromatic nitrogens is 1. The van der Waals surface area contributed by atoms with Gasteiger partial charge in [0.2, 0.25) is 10.0 Å². The standard InChI is InChI=1S/C20H24FN3O4S/c1-23-10-2-3-18(19(23)25)20(26)24-11-8-15(9-12-24)13-22-29(27,28)14-16-4-6-17(21)7-5-16/h2-7,10,15,22H,8-9,11-14H2,1H3. The number of likely N-dealkylation sites (tertiary alicyclic amines) is 1. The highest BCUT2D eigenvalue weighted by atomic mass is 32.2. The number of halogens is 1. The Labute approximate surface area is 169 Å². The maximum atomic E-state index is 12.9. The molecule has 156 valence electrons. The molecule has 7 nitrogen and oxygen atoms in total. The molecule has 1 aromatic carbocycles. The third kappa shape index (κ3) is 5.51. The number of nitrogens with one attached hydrogen (secondary N) is 1. The largest absolute Gasteiger partial charge is 0.338 e. The first-order valence-corrected chi connectivity index (χ1v) is 11.1. The fourth-order valence-corrected chi connectivity index (χ4v) is 4.59. The van der Waals surface area contributed by atoms with Crippen LogP contribution in [0.4, 0.5) is 4.39 Å². The lowest BCUT2D eigenvalue weighted by atomic mass is 9.97. The van der Waals surface area contributed by atoms with Crippen LogP contribution in [0.5, 0.6) is 0 Å². The van der Waals surface area contributed by atoms with Gasteiger partial charge in [0.25, 0.3) is 11.5 Å². The van der Waals surface area contributed by atoms with Gasteiger partial charge in [-0.25, -0.2) is 17.5 Å². The summed E-state index contributed by atoms with van der Waals surface area (Å²) in [6.45, 7) is 1.24. The van der Waals surface area contributed by atoms with Gasteiger partial charge in [0.05, 0.1) is 5.75 Å². The number of carbonyl (C=O) groups is 1. The molecule has 1 aliphatic heterocycles. The van der Waals surface area contributed by atoms with Crippen LogP contribution in [-0.4, -0.2) is 43.4 Å².